The first-order valence-corrected chi connectivity index (χ1v) is 7.62. The van der Waals surface area contributed by atoms with Crippen LogP contribution >= 0.6 is 0 Å². The van der Waals surface area contributed by atoms with Crippen LogP contribution in [0.3, 0.4) is 0 Å². The first kappa shape index (κ1) is 16.1. The van der Waals surface area contributed by atoms with Crippen molar-refractivity contribution in [2.75, 3.05) is 13.7 Å². The van der Waals surface area contributed by atoms with E-state index in [1.807, 2.05) is 0 Å². The van der Waals surface area contributed by atoms with Gasteiger partial charge in [-0.15, -0.1) is 0 Å². The van der Waals surface area contributed by atoms with Crippen LogP contribution in [0.5, 0.6) is 0 Å². The van der Waals surface area contributed by atoms with Crippen molar-refractivity contribution >= 4 is 12.0 Å². The molecule has 2 aliphatic rings. The largest absolute Gasteiger partial charge is 0.481 e. The number of rotatable bonds is 5. The molecule has 0 heterocycles. The Morgan fingerprint density at radius 3 is 2.38 bits per heavy atom. The van der Waals surface area contributed by atoms with Crippen molar-refractivity contribution in [1.82, 2.24) is 10.6 Å². The molecule has 2 atom stereocenters. The summed E-state index contributed by atoms with van der Waals surface area (Å²) in [5, 5.41) is 15.1. The molecule has 0 saturated heterocycles. The molecule has 2 rings (SSSR count). The summed E-state index contributed by atoms with van der Waals surface area (Å²) in [5.74, 6) is -0.802. The number of ether oxygens (including phenoxy) is 1. The summed E-state index contributed by atoms with van der Waals surface area (Å²) in [7, 11) is 1.68. The third kappa shape index (κ3) is 3.00. The van der Waals surface area contributed by atoms with Crippen LogP contribution in [0.4, 0.5) is 4.79 Å². The number of aliphatic carboxylic acids is 1. The lowest BCUT2D eigenvalue weighted by Gasteiger charge is -2.51. The molecule has 21 heavy (non-hydrogen) atoms. The number of carbonyl (C=O) groups excluding carboxylic acids is 1. The van der Waals surface area contributed by atoms with Crippen molar-refractivity contribution in [3.8, 4) is 0 Å². The molecule has 0 radical (unpaired) electrons. The lowest BCUT2D eigenvalue weighted by Crippen LogP contribution is -2.63. The summed E-state index contributed by atoms with van der Waals surface area (Å²) >= 11 is 0. The zero-order valence-corrected chi connectivity index (χ0v) is 13.1. The SMILES string of the molecule is COC1CC(NC(=O)NCC2(C(=O)O)CCCC2)C1(C)C. The van der Waals surface area contributed by atoms with Crippen LogP contribution in [0.2, 0.25) is 0 Å². The zero-order chi connectivity index (χ0) is 15.7. The Bertz CT molecular complexity index is 416. The average Bonchev–Trinajstić information content (AvgIpc) is 2.91. The highest BCUT2D eigenvalue weighted by Gasteiger charge is 2.49. The molecule has 0 aromatic rings. The molecule has 120 valence electrons. The zero-order valence-electron chi connectivity index (χ0n) is 13.1. The monoisotopic (exact) mass is 298 g/mol. The van der Waals surface area contributed by atoms with Crippen LogP contribution in [-0.2, 0) is 9.53 Å². The van der Waals surface area contributed by atoms with Gasteiger partial charge in [-0.1, -0.05) is 26.7 Å². The molecule has 2 saturated carbocycles. The fraction of sp³-hybridized carbons (Fsp3) is 0.867. The molecular weight excluding hydrogens is 272 g/mol. The van der Waals surface area contributed by atoms with Gasteiger partial charge in [-0.2, -0.15) is 0 Å². The van der Waals surface area contributed by atoms with Crippen molar-refractivity contribution < 1.29 is 19.4 Å². The fourth-order valence-corrected chi connectivity index (χ4v) is 3.51. The van der Waals surface area contributed by atoms with Gasteiger partial charge in [0.2, 0.25) is 0 Å². The van der Waals surface area contributed by atoms with E-state index in [0.29, 0.717) is 12.8 Å². The quantitative estimate of drug-likeness (QED) is 0.721. The van der Waals surface area contributed by atoms with Gasteiger partial charge in [-0.25, -0.2) is 4.79 Å². The summed E-state index contributed by atoms with van der Waals surface area (Å²) in [5.41, 5.74) is -0.870. The van der Waals surface area contributed by atoms with E-state index in [0.717, 1.165) is 19.3 Å². The molecule has 2 fully saturated rings. The van der Waals surface area contributed by atoms with Crippen LogP contribution in [0.1, 0.15) is 46.0 Å². The van der Waals surface area contributed by atoms with Gasteiger partial charge in [0, 0.05) is 25.1 Å². The van der Waals surface area contributed by atoms with Gasteiger partial charge in [-0.3, -0.25) is 4.79 Å². The number of carbonyl (C=O) groups is 2. The van der Waals surface area contributed by atoms with Crippen molar-refractivity contribution in [3.05, 3.63) is 0 Å². The number of carboxylic acids is 1. The van der Waals surface area contributed by atoms with E-state index in [9.17, 15) is 14.7 Å². The molecule has 0 aromatic heterocycles. The Morgan fingerprint density at radius 2 is 1.90 bits per heavy atom. The lowest BCUT2D eigenvalue weighted by molar-refractivity contribution is -0.148. The molecule has 0 spiro atoms. The highest BCUT2D eigenvalue weighted by atomic mass is 16.5. The minimum absolute atomic E-state index is 0.0619. The van der Waals surface area contributed by atoms with Gasteiger partial charge in [0.1, 0.15) is 0 Å². The average molecular weight is 298 g/mol. The minimum Gasteiger partial charge on any atom is -0.481 e. The van der Waals surface area contributed by atoms with Crippen molar-refractivity contribution in [2.45, 2.75) is 58.1 Å². The summed E-state index contributed by atoms with van der Waals surface area (Å²) < 4.78 is 5.35. The standard InChI is InChI=1S/C15H26N2O4/c1-14(2)10(8-11(14)21-3)17-13(20)16-9-15(12(18)19)6-4-5-7-15/h10-11H,4-9H2,1-3H3,(H,18,19)(H2,16,17,20). The van der Waals surface area contributed by atoms with E-state index in [2.05, 4.69) is 24.5 Å². The number of carboxylic acid groups (broad SMARTS) is 1. The van der Waals surface area contributed by atoms with E-state index < -0.39 is 11.4 Å². The fourth-order valence-electron chi connectivity index (χ4n) is 3.51. The maximum atomic E-state index is 12.0. The van der Waals surface area contributed by atoms with Gasteiger partial charge in [0.05, 0.1) is 11.5 Å². The van der Waals surface area contributed by atoms with Gasteiger partial charge < -0.3 is 20.5 Å². The third-order valence-corrected chi connectivity index (χ3v) is 5.37. The van der Waals surface area contributed by atoms with E-state index in [4.69, 9.17) is 4.74 Å². The normalized spacial score (nSPS) is 29.5. The Hall–Kier alpha value is -1.30. The molecule has 0 bridgehead atoms. The summed E-state index contributed by atoms with van der Waals surface area (Å²) in [6.45, 7) is 4.33. The third-order valence-electron chi connectivity index (χ3n) is 5.37. The molecule has 0 aromatic carbocycles. The summed E-state index contributed by atoms with van der Waals surface area (Å²) in [4.78, 5) is 23.4. The lowest BCUT2D eigenvalue weighted by atomic mass is 9.64. The molecule has 2 unspecified atom stereocenters. The van der Waals surface area contributed by atoms with Crippen LogP contribution in [-0.4, -0.2) is 42.9 Å². The second-order valence-electron chi connectivity index (χ2n) is 6.95. The van der Waals surface area contributed by atoms with E-state index in [-0.39, 0.29) is 30.1 Å². The van der Waals surface area contributed by atoms with Gasteiger partial charge in [-0.05, 0) is 19.3 Å². The summed E-state index contributed by atoms with van der Waals surface area (Å²) in [6.07, 6.45) is 4.07. The molecule has 2 aliphatic carbocycles. The van der Waals surface area contributed by atoms with Gasteiger partial charge in [0.25, 0.3) is 0 Å². The van der Waals surface area contributed by atoms with Crippen molar-refractivity contribution in [1.29, 1.82) is 0 Å². The number of urea groups is 1. The van der Waals surface area contributed by atoms with Gasteiger partial charge in [0.15, 0.2) is 0 Å². The molecule has 6 nitrogen and oxygen atoms in total. The minimum atomic E-state index is -0.802. The molecule has 6 heteroatoms. The topological polar surface area (TPSA) is 87.7 Å². The number of methoxy groups -OCH3 is 1. The number of hydrogen-bond donors (Lipinski definition) is 3. The van der Waals surface area contributed by atoms with Crippen LogP contribution < -0.4 is 10.6 Å². The van der Waals surface area contributed by atoms with Crippen LogP contribution in [0, 0.1) is 10.8 Å². The molecule has 3 N–H and O–H groups in total. The first-order chi connectivity index (χ1) is 9.82. The summed E-state index contributed by atoms with van der Waals surface area (Å²) in [6, 6.07) is -0.220. The van der Waals surface area contributed by atoms with Crippen molar-refractivity contribution in [3.63, 3.8) is 0 Å². The Kier molecular flexibility index (Phi) is 4.46. The van der Waals surface area contributed by atoms with Crippen LogP contribution in [0.15, 0.2) is 0 Å². The number of hydrogen-bond acceptors (Lipinski definition) is 3. The van der Waals surface area contributed by atoms with Gasteiger partial charge >= 0.3 is 12.0 Å². The Labute approximate surface area is 125 Å². The predicted molar refractivity (Wildman–Crippen MR) is 78.1 cm³/mol. The Morgan fingerprint density at radius 1 is 1.29 bits per heavy atom. The smallest absolute Gasteiger partial charge is 0.315 e. The highest BCUT2D eigenvalue weighted by molar-refractivity contribution is 5.78. The predicted octanol–water partition coefficient (Wildman–Crippen LogP) is 1.74. The highest BCUT2D eigenvalue weighted by Crippen LogP contribution is 2.42. The second kappa shape index (κ2) is 5.83. The number of amides is 2. The van der Waals surface area contributed by atoms with E-state index in [1.54, 1.807) is 7.11 Å². The van der Waals surface area contributed by atoms with E-state index in [1.165, 1.54) is 0 Å². The molecular formula is C15H26N2O4. The van der Waals surface area contributed by atoms with Crippen molar-refractivity contribution in [2.24, 2.45) is 10.8 Å². The van der Waals surface area contributed by atoms with E-state index >= 15 is 0 Å². The maximum absolute atomic E-state index is 12.0. The first-order valence-electron chi connectivity index (χ1n) is 7.62. The molecule has 2 amide bonds. The van der Waals surface area contributed by atoms with Crippen LogP contribution in [0.25, 0.3) is 0 Å². The Balaban J connectivity index is 1.82. The number of nitrogens with one attached hydrogen (secondary N) is 2. The molecule has 0 aliphatic heterocycles. The maximum Gasteiger partial charge on any atom is 0.315 e. The second-order valence-corrected chi connectivity index (χ2v) is 6.95.